The maximum absolute atomic E-state index is 12.6. The maximum atomic E-state index is 12.6. The Bertz CT molecular complexity index is 1470. The monoisotopic (exact) mass is 526 g/mol. The van der Waals surface area contributed by atoms with Gasteiger partial charge in [-0.25, -0.2) is 4.98 Å². The highest BCUT2D eigenvalue weighted by atomic mass is 35.5. The normalized spacial score (nSPS) is 11.1. The van der Waals surface area contributed by atoms with E-state index in [9.17, 15) is 4.79 Å². The number of benzene rings is 3. The Morgan fingerprint density at radius 1 is 0.892 bits per heavy atom. The molecule has 0 saturated heterocycles. The molecule has 2 heterocycles. The van der Waals surface area contributed by atoms with Crippen LogP contribution in [-0.4, -0.2) is 27.0 Å². The van der Waals surface area contributed by atoms with Crippen LogP contribution in [0, 0.1) is 0 Å². The molecule has 0 atom stereocenters. The molecule has 5 aromatic rings. The van der Waals surface area contributed by atoms with Crippen molar-refractivity contribution in [3.05, 3.63) is 125 Å². The van der Waals surface area contributed by atoms with E-state index >= 15 is 0 Å². The van der Waals surface area contributed by atoms with Gasteiger partial charge in [-0.15, -0.1) is 0 Å². The molecule has 0 aliphatic rings. The number of nitrogens with zero attached hydrogens (tertiary/aromatic N) is 3. The third-order valence-corrected chi connectivity index (χ3v) is 7.42. The molecule has 0 spiro atoms. The van der Waals surface area contributed by atoms with Gasteiger partial charge < -0.3 is 9.88 Å². The number of thioether (sulfide) groups is 1. The zero-order valence-corrected chi connectivity index (χ0v) is 21.9. The number of hydrogen-bond donors (Lipinski definition) is 1. The molecule has 0 saturated carbocycles. The zero-order valence-electron chi connectivity index (χ0n) is 20.3. The van der Waals surface area contributed by atoms with Crippen molar-refractivity contribution in [1.82, 2.24) is 19.9 Å². The first-order chi connectivity index (χ1) is 18.2. The van der Waals surface area contributed by atoms with E-state index in [1.807, 2.05) is 79.0 Å². The van der Waals surface area contributed by atoms with Crippen LogP contribution in [0.3, 0.4) is 0 Å². The van der Waals surface area contributed by atoms with Gasteiger partial charge in [-0.05, 0) is 59.9 Å². The molecule has 0 bridgehead atoms. The average Bonchev–Trinajstić information content (AvgIpc) is 3.29. The van der Waals surface area contributed by atoms with Crippen LogP contribution in [0.15, 0.2) is 102 Å². The Morgan fingerprint density at radius 3 is 2.43 bits per heavy atom. The van der Waals surface area contributed by atoms with Crippen molar-refractivity contribution in [2.45, 2.75) is 30.3 Å². The molecule has 7 heteroatoms. The van der Waals surface area contributed by atoms with E-state index < -0.39 is 0 Å². The number of imidazole rings is 1. The van der Waals surface area contributed by atoms with E-state index in [4.69, 9.17) is 16.6 Å². The Hall–Kier alpha value is -3.61. The number of amides is 1. The average molecular weight is 527 g/mol. The molecule has 0 fully saturated rings. The Balaban J connectivity index is 1.22. The molecule has 0 aliphatic carbocycles. The maximum Gasteiger partial charge on any atom is 0.251 e. The van der Waals surface area contributed by atoms with E-state index in [2.05, 4.69) is 27.0 Å². The number of halogens is 1. The number of nitrogens with one attached hydrogen (secondary N) is 1. The highest BCUT2D eigenvalue weighted by Gasteiger charge is 2.13. The Kier molecular flexibility index (Phi) is 8.18. The van der Waals surface area contributed by atoms with Crippen molar-refractivity contribution < 1.29 is 4.79 Å². The van der Waals surface area contributed by atoms with Gasteiger partial charge in [0, 0.05) is 29.1 Å². The summed E-state index contributed by atoms with van der Waals surface area (Å²) in [6, 6.07) is 27.9. The predicted molar refractivity (Wildman–Crippen MR) is 151 cm³/mol. The van der Waals surface area contributed by atoms with E-state index in [0.717, 1.165) is 45.4 Å². The number of hydrogen-bond acceptors (Lipinski definition) is 4. The fourth-order valence-corrected chi connectivity index (χ4v) is 5.22. The second-order valence-electron chi connectivity index (χ2n) is 8.80. The van der Waals surface area contributed by atoms with Crippen LogP contribution in [0.25, 0.3) is 11.0 Å². The fourth-order valence-electron chi connectivity index (χ4n) is 4.12. The van der Waals surface area contributed by atoms with Crippen molar-refractivity contribution in [3.8, 4) is 0 Å². The summed E-state index contributed by atoms with van der Waals surface area (Å²) in [5.41, 5.74) is 6.14. The summed E-state index contributed by atoms with van der Waals surface area (Å²) >= 11 is 7.71. The zero-order chi connectivity index (χ0) is 25.5. The van der Waals surface area contributed by atoms with Crippen LogP contribution in [-0.2, 0) is 18.7 Å². The molecule has 5 nitrogen and oxygen atoms in total. The summed E-state index contributed by atoms with van der Waals surface area (Å²) in [5.74, 6) is 0.744. The Labute approximate surface area is 225 Å². The summed E-state index contributed by atoms with van der Waals surface area (Å²) in [5, 5.41) is 4.69. The molecule has 0 unspecified atom stereocenters. The molecular formula is C30H27ClN4OS. The largest absolute Gasteiger partial charge is 0.352 e. The molecule has 1 N–H and O–H groups in total. The molecule has 0 radical (unpaired) electrons. The van der Waals surface area contributed by atoms with Crippen molar-refractivity contribution in [1.29, 1.82) is 0 Å². The number of carbonyl (C=O) groups is 1. The van der Waals surface area contributed by atoms with Gasteiger partial charge in [-0.2, -0.15) is 0 Å². The highest BCUT2D eigenvalue weighted by Crippen LogP contribution is 2.28. The van der Waals surface area contributed by atoms with Gasteiger partial charge in [0.15, 0.2) is 5.16 Å². The second-order valence-corrected chi connectivity index (χ2v) is 10.2. The lowest BCUT2D eigenvalue weighted by molar-refractivity contribution is 0.0953. The van der Waals surface area contributed by atoms with Gasteiger partial charge in [-0.3, -0.25) is 9.78 Å². The predicted octanol–water partition coefficient (Wildman–Crippen LogP) is 6.79. The van der Waals surface area contributed by atoms with Gasteiger partial charge in [0.2, 0.25) is 0 Å². The van der Waals surface area contributed by atoms with Crippen molar-refractivity contribution >= 4 is 40.3 Å². The first kappa shape index (κ1) is 25.1. The number of aryl methyl sites for hydroxylation is 1. The molecule has 1 amide bonds. The SMILES string of the molecule is O=C(NCCCc1ccccc1)c1ccc(Cn2c(SCc3ccc(Cl)cc3)nc3ccncc32)cc1. The van der Waals surface area contributed by atoms with Gasteiger partial charge in [-0.1, -0.05) is 78.0 Å². The second kappa shape index (κ2) is 12.1. The lowest BCUT2D eigenvalue weighted by Gasteiger charge is -2.10. The van der Waals surface area contributed by atoms with Crippen LogP contribution < -0.4 is 5.32 Å². The first-order valence-electron chi connectivity index (χ1n) is 12.2. The van der Waals surface area contributed by atoms with Gasteiger partial charge in [0.25, 0.3) is 5.91 Å². The standard InChI is InChI=1S/C30H27ClN4OS/c31-26-14-10-24(11-15-26)21-37-30-34-27-16-18-32-19-28(27)35(30)20-23-8-12-25(13-9-23)29(36)33-17-4-7-22-5-2-1-3-6-22/h1-3,5-6,8-16,18-19H,4,7,17,20-21H2,(H,33,36). The molecule has 3 aromatic carbocycles. The van der Waals surface area contributed by atoms with Gasteiger partial charge in [0.05, 0.1) is 23.8 Å². The molecule has 37 heavy (non-hydrogen) atoms. The number of carbonyl (C=O) groups excluding carboxylic acids is 1. The molecular weight excluding hydrogens is 500 g/mol. The molecule has 0 aliphatic heterocycles. The number of aromatic nitrogens is 3. The van der Waals surface area contributed by atoms with Crippen LogP contribution in [0.1, 0.15) is 33.5 Å². The minimum absolute atomic E-state index is 0.0453. The summed E-state index contributed by atoms with van der Waals surface area (Å²) < 4.78 is 2.18. The summed E-state index contributed by atoms with van der Waals surface area (Å²) in [6.45, 7) is 1.29. The smallest absolute Gasteiger partial charge is 0.251 e. The Morgan fingerprint density at radius 2 is 1.65 bits per heavy atom. The van der Waals surface area contributed by atoms with Crippen LogP contribution in [0.4, 0.5) is 0 Å². The van der Waals surface area contributed by atoms with Crippen molar-refractivity contribution in [3.63, 3.8) is 0 Å². The van der Waals surface area contributed by atoms with E-state index in [-0.39, 0.29) is 5.91 Å². The molecule has 2 aromatic heterocycles. The fraction of sp³-hybridized carbons (Fsp3) is 0.167. The van der Waals surface area contributed by atoms with Crippen LogP contribution >= 0.6 is 23.4 Å². The summed E-state index contributed by atoms with van der Waals surface area (Å²) in [4.78, 5) is 21.8. The molecule has 186 valence electrons. The topological polar surface area (TPSA) is 59.8 Å². The lowest BCUT2D eigenvalue weighted by Crippen LogP contribution is -2.24. The van der Waals surface area contributed by atoms with Crippen molar-refractivity contribution in [2.75, 3.05) is 6.54 Å². The molecule has 5 rings (SSSR count). The van der Waals surface area contributed by atoms with E-state index in [1.165, 1.54) is 11.1 Å². The van der Waals surface area contributed by atoms with Gasteiger partial charge >= 0.3 is 0 Å². The third-order valence-electron chi connectivity index (χ3n) is 6.12. The van der Waals surface area contributed by atoms with E-state index in [0.29, 0.717) is 18.7 Å². The highest BCUT2D eigenvalue weighted by molar-refractivity contribution is 7.98. The van der Waals surface area contributed by atoms with Crippen LogP contribution in [0.2, 0.25) is 5.02 Å². The van der Waals surface area contributed by atoms with E-state index in [1.54, 1.807) is 18.0 Å². The van der Waals surface area contributed by atoms with Crippen LogP contribution in [0.5, 0.6) is 0 Å². The van der Waals surface area contributed by atoms with Gasteiger partial charge in [0.1, 0.15) is 0 Å². The third kappa shape index (κ3) is 6.59. The number of pyridine rings is 1. The van der Waals surface area contributed by atoms with Crippen molar-refractivity contribution in [2.24, 2.45) is 0 Å². The minimum Gasteiger partial charge on any atom is -0.352 e. The summed E-state index contributed by atoms with van der Waals surface area (Å²) in [7, 11) is 0. The first-order valence-corrected chi connectivity index (χ1v) is 13.6. The quantitative estimate of drug-likeness (QED) is 0.161. The number of rotatable bonds is 10. The number of fused-ring (bicyclic) bond motifs is 1. The summed E-state index contributed by atoms with van der Waals surface area (Å²) in [6.07, 6.45) is 5.48. The lowest BCUT2D eigenvalue weighted by atomic mass is 10.1. The minimum atomic E-state index is -0.0453.